The molecule has 0 amide bonds. The molecule has 19 heavy (non-hydrogen) atoms. The zero-order chi connectivity index (χ0) is 14.3. The first-order valence-corrected chi connectivity index (χ1v) is 6.99. The number of unbranched alkanes of at least 4 members (excludes halogenated alkanes) is 5. The Balaban J connectivity index is 3.56. The highest BCUT2D eigenvalue weighted by atomic mass is 16.5. The van der Waals surface area contributed by atoms with Gasteiger partial charge in [0.1, 0.15) is 12.6 Å². The normalized spacial score (nSPS) is 10.4. The second kappa shape index (κ2) is 13.2. The number of carbonyl (C=O) groups is 3. The summed E-state index contributed by atoms with van der Waals surface area (Å²) in [5, 5.41) is 0. The number of aldehydes is 2. The molecule has 5 heteroatoms. The van der Waals surface area contributed by atoms with E-state index in [1.54, 1.807) is 0 Å². The molecule has 0 aliphatic heterocycles. The van der Waals surface area contributed by atoms with E-state index >= 15 is 0 Å². The predicted molar refractivity (Wildman–Crippen MR) is 72.9 cm³/mol. The van der Waals surface area contributed by atoms with E-state index in [4.69, 9.17) is 4.74 Å². The molecule has 0 aliphatic rings. The molecule has 0 aromatic rings. The Hall–Kier alpha value is -1.23. The fourth-order valence-electron chi connectivity index (χ4n) is 1.71. The molecule has 0 rings (SSSR count). The van der Waals surface area contributed by atoms with Crippen molar-refractivity contribution >= 4 is 18.5 Å². The fraction of sp³-hybridized carbons (Fsp3) is 0.786. The number of hydrogen-bond acceptors (Lipinski definition) is 5. The molecule has 0 aromatic heterocycles. The third-order valence-electron chi connectivity index (χ3n) is 2.78. The number of hydrogen-bond donors (Lipinski definition) is 0. The molecule has 110 valence electrons. The van der Waals surface area contributed by atoms with Crippen LogP contribution in [0.3, 0.4) is 0 Å². The maximum atomic E-state index is 11.4. The van der Waals surface area contributed by atoms with Gasteiger partial charge in [0.2, 0.25) is 0 Å². The first-order chi connectivity index (χ1) is 9.24. The summed E-state index contributed by atoms with van der Waals surface area (Å²) in [5.41, 5.74) is 0. The van der Waals surface area contributed by atoms with Crippen LogP contribution in [0.1, 0.15) is 45.4 Å². The molecule has 0 bridgehead atoms. The molecule has 0 heterocycles. The number of ether oxygens (including phenoxy) is 1. The quantitative estimate of drug-likeness (QED) is 0.289. The van der Waals surface area contributed by atoms with Gasteiger partial charge in [-0.1, -0.05) is 39.0 Å². The highest BCUT2D eigenvalue weighted by molar-refractivity contribution is 5.72. The van der Waals surface area contributed by atoms with Crippen LogP contribution in [0.15, 0.2) is 0 Å². The SMILES string of the molecule is CCCCCCCCOC(=O)CN(CC=O)CC=O. The standard InChI is InChI=1S/C14H25NO4/c1-2-3-4-5-6-7-12-19-14(18)13-15(8-10-16)9-11-17/h10-11H,2-9,12-13H2,1H3. The summed E-state index contributed by atoms with van der Waals surface area (Å²) in [6.45, 7) is 2.73. The molecule has 0 spiro atoms. The van der Waals surface area contributed by atoms with Crippen molar-refractivity contribution in [3.8, 4) is 0 Å². The van der Waals surface area contributed by atoms with Crippen LogP contribution in [0.5, 0.6) is 0 Å². The van der Waals surface area contributed by atoms with Crippen LogP contribution in [0, 0.1) is 0 Å². The van der Waals surface area contributed by atoms with Gasteiger partial charge in [0.25, 0.3) is 0 Å². The van der Waals surface area contributed by atoms with Crippen molar-refractivity contribution in [1.29, 1.82) is 0 Å². The Labute approximate surface area is 115 Å². The Bertz CT molecular complexity index is 246. The molecule has 0 aliphatic carbocycles. The van der Waals surface area contributed by atoms with Crippen molar-refractivity contribution in [1.82, 2.24) is 4.90 Å². The molecular weight excluding hydrogens is 246 g/mol. The summed E-state index contributed by atoms with van der Waals surface area (Å²) < 4.78 is 5.06. The number of carbonyl (C=O) groups excluding carboxylic acids is 3. The van der Waals surface area contributed by atoms with Gasteiger partial charge < -0.3 is 14.3 Å². The Morgan fingerprint density at radius 2 is 1.58 bits per heavy atom. The second-order valence-electron chi connectivity index (χ2n) is 4.52. The molecule has 5 nitrogen and oxygen atoms in total. The number of nitrogens with zero attached hydrogens (tertiary/aromatic N) is 1. The minimum atomic E-state index is -0.378. The van der Waals surface area contributed by atoms with Crippen molar-refractivity contribution in [2.24, 2.45) is 0 Å². The molecule has 0 radical (unpaired) electrons. The number of rotatable bonds is 13. The Morgan fingerprint density at radius 3 is 2.16 bits per heavy atom. The smallest absolute Gasteiger partial charge is 0.320 e. The van der Waals surface area contributed by atoms with E-state index in [1.807, 2.05) is 0 Å². The lowest BCUT2D eigenvalue weighted by Crippen LogP contribution is -2.34. The van der Waals surface area contributed by atoms with Gasteiger partial charge in [0, 0.05) is 0 Å². The van der Waals surface area contributed by atoms with Gasteiger partial charge in [-0.15, -0.1) is 0 Å². The molecule has 0 fully saturated rings. The van der Waals surface area contributed by atoms with E-state index in [9.17, 15) is 14.4 Å². The van der Waals surface area contributed by atoms with Gasteiger partial charge in [-0.3, -0.25) is 9.69 Å². The largest absolute Gasteiger partial charge is 0.465 e. The van der Waals surface area contributed by atoms with E-state index in [0.717, 1.165) is 12.8 Å². The van der Waals surface area contributed by atoms with Crippen LogP contribution in [-0.4, -0.2) is 49.7 Å². The van der Waals surface area contributed by atoms with Crippen molar-refractivity contribution in [3.63, 3.8) is 0 Å². The van der Waals surface area contributed by atoms with E-state index < -0.39 is 0 Å². The maximum absolute atomic E-state index is 11.4. The predicted octanol–water partition coefficient (Wildman–Crippen LogP) is 1.59. The maximum Gasteiger partial charge on any atom is 0.320 e. The summed E-state index contributed by atoms with van der Waals surface area (Å²) >= 11 is 0. The Morgan fingerprint density at radius 1 is 1.00 bits per heavy atom. The van der Waals surface area contributed by atoms with Crippen LogP contribution >= 0.6 is 0 Å². The average molecular weight is 271 g/mol. The van der Waals surface area contributed by atoms with Crippen LogP contribution in [-0.2, 0) is 19.1 Å². The minimum Gasteiger partial charge on any atom is -0.465 e. The molecule has 0 N–H and O–H groups in total. The zero-order valence-electron chi connectivity index (χ0n) is 11.8. The summed E-state index contributed by atoms with van der Waals surface area (Å²) in [4.78, 5) is 33.6. The average Bonchev–Trinajstić information content (AvgIpc) is 2.38. The Kier molecular flexibility index (Phi) is 12.4. The molecule has 0 unspecified atom stereocenters. The number of esters is 1. The van der Waals surface area contributed by atoms with E-state index in [0.29, 0.717) is 19.2 Å². The van der Waals surface area contributed by atoms with Gasteiger partial charge in [-0.05, 0) is 6.42 Å². The van der Waals surface area contributed by atoms with Crippen molar-refractivity contribution in [2.45, 2.75) is 45.4 Å². The van der Waals surface area contributed by atoms with E-state index in [1.165, 1.54) is 30.6 Å². The second-order valence-corrected chi connectivity index (χ2v) is 4.52. The highest BCUT2D eigenvalue weighted by Crippen LogP contribution is 2.04. The van der Waals surface area contributed by atoms with Crippen LogP contribution in [0.4, 0.5) is 0 Å². The minimum absolute atomic E-state index is 0.00663. The van der Waals surface area contributed by atoms with Crippen molar-refractivity contribution in [3.05, 3.63) is 0 Å². The monoisotopic (exact) mass is 271 g/mol. The third kappa shape index (κ3) is 11.6. The zero-order valence-corrected chi connectivity index (χ0v) is 11.8. The van der Waals surface area contributed by atoms with Gasteiger partial charge >= 0.3 is 5.97 Å². The summed E-state index contributed by atoms with van der Waals surface area (Å²) in [6, 6.07) is 0. The first-order valence-electron chi connectivity index (χ1n) is 6.99. The lowest BCUT2D eigenvalue weighted by atomic mass is 10.1. The van der Waals surface area contributed by atoms with E-state index in [2.05, 4.69) is 6.92 Å². The van der Waals surface area contributed by atoms with Crippen molar-refractivity contribution < 1.29 is 19.1 Å². The van der Waals surface area contributed by atoms with Gasteiger partial charge in [0.05, 0.1) is 26.2 Å². The van der Waals surface area contributed by atoms with Gasteiger partial charge in [-0.2, -0.15) is 0 Å². The fourth-order valence-corrected chi connectivity index (χ4v) is 1.71. The molecular formula is C14H25NO4. The molecule has 0 aromatic carbocycles. The molecule has 0 saturated heterocycles. The van der Waals surface area contributed by atoms with Gasteiger partial charge in [0.15, 0.2) is 0 Å². The first kappa shape index (κ1) is 17.8. The third-order valence-corrected chi connectivity index (χ3v) is 2.78. The topological polar surface area (TPSA) is 63.7 Å². The lowest BCUT2D eigenvalue weighted by molar-refractivity contribution is -0.145. The summed E-state index contributed by atoms with van der Waals surface area (Å²) in [6.07, 6.45) is 8.17. The summed E-state index contributed by atoms with van der Waals surface area (Å²) in [7, 11) is 0. The van der Waals surface area contributed by atoms with Crippen LogP contribution in [0.2, 0.25) is 0 Å². The highest BCUT2D eigenvalue weighted by Gasteiger charge is 2.10. The van der Waals surface area contributed by atoms with Crippen LogP contribution < -0.4 is 0 Å². The van der Waals surface area contributed by atoms with Crippen LogP contribution in [0.25, 0.3) is 0 Å². The molecule has 0 atom stereocenters. The molecule has 0 saturated carbocycles. The lowest BCUT2D eigenvalue weighted by Gasteiger charge is -2.15. The van der Waals surface area contributed by atoms with Gasteiger partial charge in [-0.25, -0.2) is 0 Å². The van der Waals surface area contributed by atoms with E-state index in [-0.39, 0.29) is 25.6 Å². The summed E-state index contributed by atoms with van der Waals surface area (Å²) in [5.74, 6) is -0.378. The van der Waals surface area contributed by atoms with Crippen molar-refractivity contribution in [2.75, 3.05) is 26.2 Å².